The lowest BCUT2D eigenvalue weighted by Crippen LogP contribution is -2.54. The van der Waals surface area contributed by atoms with E-state index in [9.17, 15) is 18.4 Å². The van der Waals surface area contributed by atoms with Gasteiger partial charge in [-0.3, -0.25) is 19.5 Å². The molecule has 1 N–H and O–H groups in total. The summed E-state index contributed by atoms with van der Waals surface area (Å²) in [5.41, 5.74) is 3.74. The number of fused-ring (bicyclic) bond motifs is 2. The van der Waals surface area contributed by atoms with Crippen LogP contribution in [0, 0.1) is 25.5 Å². The number of anilines is 2. The van der Waals surface area contributed by atoms with Crippen LogP contribution in [0.1, 0.15) is 46.9 Å². The standard InChI is InChI=1S/C29H26F2N6O3S/c1-14-27(15(2)40-35-14)16-6-9-22-20(10-16)33-28(37(22)29-34-21-13-32-25(38)12-24(21)41-29)23-4-3-5-26(39)36(23)17-7-8-18(30)19(31)11-17/h6-11,20,22-23H,3-5,12-13H2,1-2H3,(H,32,38)/t20?,22?,23-/m0/s1. The van der Waals surface area contributed by atoms with Crippen LogP contribution in [0.4, 0.5) is 19.6 Å². The summed E-state index contributed by atoms with van der Waals surface area (Å²) in [5.74, 6) is -0.877. The monoisotopic (exact) mass is 576 g/mol. The van der Waals surface area contributed by atoms with Crippen molar-refractivity contribution in [2.24, 2.45) is 4.99 Å². The molecule has 1 aromatic carbocycles. The van der Waals surface area contributed by atoms with Crippen LogP contribution in [0.25, 0.3) is 5.57 Å². The van der Waals surface area contributed by atoms with E-state index in [0.29, 0.717) is 42.5 Å². The highest BCUT2D eigenvalue weighted by molar-refractivity contribution is 7.16. The average molecular weight is 577 g/mol. The number of carbonyl (C=O) groups is 2. The molecule has 1 aliphatic carbocycles. The van der Waals surface area contributed by atoms with E-state index >= 15 is 0 Å². The molecule has 12 heteroatoms. The Morgan fingerprint density at radius 3 is 2.78 bits per heavy atom. The third-order valence-electron chi connectivity index (χ3n) is 8.00. The van der Waals surface area contributed by atoms with Crippen LogP contribution in [0.2, 0.25) is 0 Å². The number of aryl methyl sites for hydroxylation is 2. The zero-order valence-corrected chi connectivity index (χ0v) is 23.2. The van der Waals surface area contributed by atoms with Gasteiger partial charge in [-0.25, -0.2) is 13.8 Å². The Bertz CT molecular complexity index is 1670. The summed E-state index contributed by atoms with van der Waals surface area (Å²) < 4.78 is 33.6. The number of allylic oxidation sites excluding steroid dienone is 2. The molecule has 0 saturated carbocycles. The summed E-state index contributed by atoms with van der Waals surface area (Å²) in [6, 6.07) is 2.48. The van der Waals surface area contributed by atoms with Crippen molar-refractivity contribution in [3.8, 4) is 0 Å². The number of piperidine rings is 1. The molecule has 41 heavy (non-hydrogen) atoms. The zero-order chi connectivity index (χ0) is 28.4. The van der Waals surface area contributed by atoms with Gasteiger partial charge in [0.15, 0.2) is 16.8 Å². The number of halogens is 2. The number of carbonyl (C=O) groups excluding carboxylic acids is 2. The molecule has 0 spiro atoms. The van der Waals surface area contributed by atoms with Crippen LogP contribution in [0.15, 0.2) is 45.9 Å². The first kappa shape index (κ1) is 25.8. The van der Waals surface area contributed by atoms with Crippen LogP contribution < -0.4 is 15.1 Å². The number of rotatable bonds is 4. The lowest BCUT2D eigenvalue weighted by molar-refractivity contribution is -0.121. The van der Waals surface area contributed by atoms with Gasteiger partial charge in [-0.1, -0.05) is 17.3 Å². The van der Waals surface area contributed by atoms with Crippen molar-refractivity contribution in [3.63, 3.8) is 0 Å². The number of hydrogen-bond donors (Lipinski definition) is 1. The Morgan fingerprint density at radius 2 is 2.00 bits per heavy atom. The van der Waals surface area contributed by atoms with Gasteiger partial charge in [0.2, 0.25) is 11.8 Å². The normalized spacial score (nSPS) is 23.8. The van der Waals surface area contributed by atoms with Gasteiger partial charge in [0, 0.05) is 28.6 Å². The van der Waals surface area contributed by atoms with Crippen LogP contribution >= 0.6 is 11.3 Å². The summed E-state index contributed by atoms with van der Waals surface area (Å²) in [4.78, 5) is 40.0. The Morgan fingerprint density at radius 1 is 1.15 bits per heavy atom. The molecule has 3 aromatic rings. The van der Waals surface area contributed by atoms with E-state index in [0.717, 1.165) is 39.5 Å². The van der Waals surface area contributed by atoms with Crippen LogP contribution in [-0.4, -0.2) is 45.9 Å². The number of aromatic nitrogens is 2. The highest BCUT2D eigenvalue weighted by Gasteiger charge is 2.45. The number of aliphatic imine (C=N–C) groups is 1. The molecule has 3 atom stereocenters. The van der Waals surface area contributed by atoms with Crippen molar-refractivity contribution in [1.29, 1.82) is 0 Å². The number of thiazole rings is 1. The van der Waals surface area contributed by atoms with Crippen molar-refractivity contribution in [1.82, 2.24) is 15.5 Å². The maximum absolute atomic E-state index is 14.3. The third-order valence-corrected chi connectivity index (χ3v) is 9.09. The number of hydrogen-bond acceptors (Lipinski definition) is 8. The topological polar surface area (TPSA) is 104 Å². The van der Waals surface area contributed by atoms with Gasteiger partial charge in [0.1, 0.15) is 11.6 Å². The average Bonchev–Trinajstić information content (AvgIpc) is 3.63. The number of amides is 2. The van der Waals surface area contributed by atoms with Crippen molar-refractivity contribution >= 4 is 45.4 Å². The van der Waals surface area contributed by atoms with E-state index in [2.05, 4.69) is 22.6 Å². The number of nitrogens with one attached hydrogen (secondary N) is 1. The molecule has 2 amide bonds. The molecule has 4 aliphatic rings. The highest BCUT2D eigenvalue weighted by atomic mass is 32.1. The van der Waals surface area contributed by atoms with Crippen LogP contribution in [-0.2, 0) is 22.6 Å². The smallest absolute Gasteiger partial charge is 0.227 e. The minimum Gasteiger partial charge on any atom is -0.361 e. The van der Waals surface area contributed by atoms with Gasteiger partial charge in [-0.15, -0.1) is 11.3 Å². The fourth-order valence-electron chi connectivity index (χ4n) is 6.12. The van der Waals surface area contributed by atoms with Crippen molar-refractivity contribution in [2.75, 3.05) is 9.80 Å². The minimum absolute atomic E-state index is 0.0483. The summed E-state index contributed by atoms with van der Waals surface area (Å²) in [7, 11) is 0. The predicted molar refractivity (Wildman–Crippen MR) is 150 cm³/mol. The van der Waals surface area contributed by atoms with E-state index < -0.39 is 17.7 Å². The van der Waals surface area contributed by atoms with Gasteiger partial charge in [-0.2, -0.15) is 0 Å². The van der Waals surface area contributed by atoms with Gasteiger partial charge in [0.25, 0.3) is 0 Å². The molecule has 2 aromatic heterocycles. The number of amidine groups is 1. The first-order valence-electron chi connectivity index (χ1n) is 13.5. The second-order valence-corrected chi connectivity index (χ2v) is 11.7. The fraction of sp³-hybridized carbons (Fsp3) is 0.345. The molecule has 0 bridgehead atoms. The molecule has 1 fully saturated rings. The second-order valence-electron chi connectivity index (χ2n) is 10.6. The molecule has 1 saturated heterocycles. The van der Waals surface area contributed by atoms with E-state index in [1.807, 2.05) is 24.8 Å². The highest BCUT2D eigenvalue weighted by Crippen LogP contribution is 2.40. The van der Waals surface area contributed by atoms with E-state index in [1.54, 1.807) is 0 Å². The SMILES string of the molecule is Cc1noc(C)c1C1=CC2N=C([C@@H]3CCCC(=O)N3c3ccc(F)c(F)c3)N(c3nc4c(s3)CC(=O)NC4)C2C=C1. The summed E-state index contributed by atoms with van der Waals surface area (Å²) >= 11 is 1.45. The summed E-state index contributed by atoms with van der Waals surface area (Å²) in [6.07, 6.45) is 7.95. The lowest BCUT2D eigenvalue weighted by Gasteiger charge is -2.39. The number of nitrogens with zero attached hydrogens (tertiary/aromatic N) is 5. The predicted octanol–water partition coefficient (Wildman–Crippen LogP) is 4.39. The third kappa shape index (κ3) is 4.28. The quantitative estimate of drug-likeness (QED) is 0.494. The van der Waals surface area contributed by atoms with E-state index in [-0.39, 0.29) is 36.0 Å². The Kier molecular flexibility index (Phi) is 6.11. The van der Waals surface area contributed by atoms with Crippen molar-refractivity contribution < 1.29 is 22.9 Å². The van der Waals surface area contributed by atoms with Crippen molar-refractivity contribution in [3.05, 3.63) is 75.7 Å². The fourth-order valence-corrected chi connectivity index (χ4v) is 7.25. The molecule has 3 aliphatic heterocycles. The summed E-state index contributed by atoms with van der Waals surface area (Å²) in [5, 5.41) is 7.63. The maximum atomic E-state index is 14.3. The van der Waals surface area contributed by atoms with Gasteiger partial charge < -0.3 is 14.7 Å². The molecule has 2 unspecified atom stereocenters. The Balaban J connectivity index is 1.34. The largest absolute Gasteiger partial charge is 0.361 e. The van der Waals surface area contributed by atoms with Crippen molar-refractivity contribution in [2.45, 2.75) is 64.2 Å². The Hall–Kier alpha value is -4.19. The second kappa shape index (κ2) is 9.72. The minimum atomic E-state index is -1.02. The van der Waals surface area contributed by atoms with Crippen LogP contribution in [0.5, 0.6) is 0 Å². The molecular formula is C29H26F2N6O3S. The molecule has 5 heterocycles. The molecular weight excluding hydrogens is 550 g/mol. The maximum Gasteiger partial charge on any atom is 0.227 e. The summed E-state index contributed by atoms with van der Waals surface area (Å²) in [6.45, 7) is 4.12. The molecule has 9 nitrogen and oxygen atoms in total. The number of benzene rings is 1. The molecule has 0 radical (unpaired) electrons. The van der Waals surface area contributed by atoms with Gasteiger partial charge in [0.05, 0.1) is 42.5 Å². The van der Waals surface area contributed by atoms with Crippen LogP contribution in [0.3, 0.4) is 0 Å². The molecule has 7 rings (SSSR count). The first-order valence-corrected chi connectivity index (χ1v) is 14.3. The van der Waals surface area contributed by atoms with E-state index in [1.165, 1.54) is 22.3 Å². The zero-order valence-electron chi connectivity index (χ0n) is 22.4. The van der Waals surface area contributed by atoms with E-state index in [4.69, 9.17) is 14.5 Å². The Labute approximate surface area is 238 Å². The van der Waals surface area contributed by atoms with Gasteiger partial charge in [-0.05, 0) is 50.5 Å². The first-order chi connectivity index (χ1) is 19.8. The molecule has 210 valence electrons. The van der Waals surface area contributed by atoms with Gasteiger partial charge >= 0.3 is 0 Å². The lowest BCUT2D eigenvalue weighted by atomic mass is 9.93.